The second-order valence-corrected chi connectivity index (χ2v) is 5.22. The minimum absolute atomic E-state index is 0.889. The Morgan fingerprint density at radius 2 is 1.68 bits per heavy atom. The first-order valence-electron chi connectivity index (χ1n) is 7.55. The Kier molecular flexibility index (Phi) is 5.79. The number of benzene rings is 1. The summed E-state index contributed by atoms with van der Waals surface area (Å²) < 4.78 is 5.34. The van der Waals surface area contributed by atoms with Gasteiger partial charge in [0.15, 0.2) is 0 Å². The maximum Gasteiger partial charge on any atom is 0.0907 e. The van der Waals surface area contributed by atoms with E-state index >= 15 is 0 Å². The van der Waals surface area contributed by atoms with Crippen LogP contribution in [0.15, 0.2) is 91.5 Å². The zero-order valence-electron chi connectivity index (χ0n) is 13.1. The lowest BCUT2D eigenvalue weighted by molar-refractivity contribution is 0.403. The molecule has 0 aliphatic carbocycles. The fourth-order valence-corrected chi connectivity index (χ4v) is 2.19. The summed E-state index contributed by atoms with van der Waals surface area (Å²) in [5, 5.41) is 0. The van der Waals surface area contributed by atoms with Crippen molar-refractivity contribution in [1.29, 1.82) is 0 Å². The van der Waals surface area contributed by atoms with Gasteiger partial charge in [0.1, 0.15) is 0 Å². The van der Waals surface area contributed by atoms with Gasteiger partial charge in [0, 0.05) is 0 Å². The van der Waals surface area contributed by atoms with E-state index in [9.17, 15) is 0 Å². The third-order valence-corrected chi connectivity index (χ3v) is 3.46. The van der Waals surface area contributed by atoms with Gasteiger partial charge in [-0.15, -0.1) is 0 Å². The van der Waals surface area contributed by atoms with Crippen LogP contribution >= 0.6 is 0 Å². The van der Waals surface area contributed by atoms with Crippen LogP contribution in [0.5, 0.6) is 0 Å². The lowest BCUT2D eigenvalue weighted by atomic mass is 9.98. The van der Waals surface area contributed by atoms with Crippen LogP contribution in [0.25, 0.3) is 5.57 Å². The summed E-state index contributed by atoms with van der Waals surface area (Å²) in [5.41, 5.74) is 5.33. The Morgan fingerprint density at radius 1 is 0.909 bits per heavy atom. The van der Waals surface area contributed by atoms with E-state index in [1.54, 1.807) is 12.5 Å². The molecular formula is C21H22O. The van der Waals surface area contributed by atoms with Crippen LogP contribution in [-0.4, -0.2) is 0 Å². The average Bonchev–Trinajstić information content (AvgIpc) is 2.56. The van der Waals surface area contributed by atoms with E-state index < -0.39 is 0 Å². The van der Waals surface area contributed by atoms with Crippen LogP contribution in [0.2, 0.25) is 0 Å². The van der Waals surface area contributed by atoms with Gasteiger partial charge in [0.2, 0.25) is 0 Å². The summed E-state index contributed by atoms with van der Waals surface area (Å²) in [6.07, 6.45) is 15.2. The molecule has 1 aromatic carbocycles. The Hall–Kier alpha value is -2.54. The van der Waals surface area contributed by atoms with Crippen molar-refractivity contribution in [3.05, 3.63) is 103 Å². The molecule has 1 nitrogen and oxygen atoms in total. The van der Waals surface area contributed by atoms with Crippen molar-refractivity contribution in [2.75, 3.05) is 0 Å². The Balaban J connectivity index is 2.33. The molecule has 0 radical (unpaired) electrons. The van der Waals surface area contributed by atoms with Crippen LogP contribution in [0.4, 0.5) is 0 Å². The summed E-state index contributed by atoms with van der Waals surface area (Å²) in [4.78, 5) is 0. The second kappa shape index (κ2) is 8.04. The fraction of sp³-hybridized carbons (Fsp3) is 0.143. The molecule has 1 aromatic rings. The minimum Gasteiger partial charge on any atom is -0.473 e. The van der Waals surface area contributed by atoms with Crippen LogP contribution in [0.1, 0.15) is 24.5 Å². The van der Waals surface area contributed by atoms with Crippen LogP contribution in [0.3, 0.4) is 0 Å². The quantitative estimate of drug-likeness (QED) is 0.689. The lowest BCUT2D eigenvalue weighted by Gasteiger charge is -2.07. The van der Waals surface area contributed by atoms with Gasteiger partial charge >= 0.3 is 0 Å². The summed E-state index contributed by atoms with van der Waals surface area (Å²) >= 11 is 0. The van der Waals surface area contributed by atoms with E-state index in [4.69, 9.17) is 4.74 Å². The first-order chi connectivity index (χ1) is 10.7. The van der Waals surface area contributed by atoms with Gasteiger partial charge in [-0.25, -0.2) is 0 Å². The summed E-state index contributed by atoms with van der Waals surface area (Å²) in [7, 11) is 0. The highest BCUT2D eigenvalue weighted by Gasteiger charge is 2.02. The highest BCUT2D eigenvalue weighted by molar-refractivity contribution is 5.77. The average molecular weight is 290 g/mol. The largest absolute Gasteiger partial charge is 0.473 e. The van der Waals surface area contributed by atoms with Crippen molar-refractivity contribution in [1.82, 2.24) is 0 Å². The minimum atomic E-state index is 0.889. The molecule has 1 heterocycles. The monoisotopic (exact) mass is 290 g/mol. The predicted molar refractivity (Wildman–Crippen MR) is 95.2 cm³/mol. The number of hydrogen-bond donors (Lipinski definition) is 0. The van der Waals surface area contributed by atoms with Crippen LogP contribution in [0, 0.1) is 0 Å². The fourth-order valence-electron chi connectivity index (χ4n) is 2.19. The van der Waals surface area contributed by atoms with Crippen LogP contribution in [-0.2, 0) is 11.2 Å². The Morgan fingerprint density at radius 3 is 2.41 bits per heavy atom. The first-order valence-corrected chi connectivity index (χ1v) is 7.55. The van der Waals surface area contributed by atoms with Crippen LogP contribution < -0.4 is 0 Å². The molecule has 1 aliphatic heterocycles. The second-order valence-electron chi connectivity index (χ2n) is 5.22. The Labute approximate surface area is 133 Å². The van der Waals surface area contributed by atoms with E-state index in [1.165, 1.54) is 5.56 Å². The maximum atomic E-state index is 5.34. The van der Waals surface area contributed by atoms with Gasteiger partial charge in [-0.05, 0) is 52.5 Å². The third-order valence-electron chi connectivity index (χ3n) is 3.46. The van der Waals surface area contributed by atoms with E-state index in [-0.39, 0.29) is 0 Å². The molecule has 0 N–H and O–H groups in total. The van der Waals surface area contributed by atoms with E-state index in [0.717, 1.165) is 35.1 Å². The van der Waals surface area contributed by atoms with Gasteiger partial charge in [0.25, 0.3) is 0 Å². The standard InChI is InChI=1S/C21H22O/c1-4-7-19-9-11-20(12-10-19)21-13-15-22-14-6-5-8-17(2)18(3)16-21/h5-6,8-16H,2-4,7H2,1H3/b8-5-,14-6-,15-13-,21-16+. The molecule has 112 valence electrons. The number of ether oxygens (including phenoxy) is 1. The lowest BCUT2D eigenvalue weighted by Crippen LogP contribution is -1.88. The molecule has 0 amide bonds. The van der Waals surface area contributed by atoms with Gasteiger partial charge in [-0.2, -0.15) is 0 Å². The zero-order valence-corrected chi connectivity index (χ0v) is 13.1. The van der Waals surface area contributed by atoms with Gasteiger partial charge < -0.3 is 4.74 Å². The first kappa shape index (κ1) is 15.8. The molecule has 0 atom stereocenters. The summed E-state index contributed by atoms with van der Waals surface area (Å²) in [6, 6.07) is 8.64. The molecule has 0 unspecified atom stereocenters. The molecule has 2 rings (SSSR count). The van der Waals surface area contributed by atoms with E-state index in [1.807, 2.05) is 30.4 Å². The molecule has 1 aliphatic rings. The predicted octanol–water partition coefficient (Wildman–Crippen LogP) is 5.75. The van der Waals surface area contributed by atoms with Gasteiger partial charge in [0.05, 0.1) is 12.5 Å². The zero-order chi connectivity index (χ0) is 15.8. The number of rotatable bonds is 3. The molecule has 0 saturated carbocycles. The number of aryl methyl sites for hydroxylation is 1. The van der Waals surface area contributed by atoms with Crippen molar-refractivity contribution in [2.45, 2.75) is 19.8 Å². The Bertz CT molecular complexity index is 652. The molecule has 22 heavy (non-hydrogen) atoms. The van der Waals surface area contributed by atoms with Crippen molar-refractivity contribution in [2.24, 2.45) is 0 Å². The summed E-state index contributed by atoms with van der Waals surface area (Å²) in [6.45, 7) is 10.3. The van der Waals surface area contributed by atoms with Crippen molar-refractivity contribution >= 4 is 5.57 Å². The SMILES string of the molecule is C=C1/C=C\C=C/O/C=C\C(c2ccc(CCC)cc2)=C/C1=C. The topological polar surface area (TPSA) is 9.23 Å². The third kappa shape index (κ3) is 4.49. The number of hydrogen-bond acceptors (Lipinski definition) is 1. The highest BCUT2D eigenvalue weighted by Crippen LogP contribution is 2.22. The normalized spacial score (nSPS) is 22.0. The summed E-state index contributed by atoms with van der Waals surface area (Å²) in [5.74, 6) is 0. The molecule has 0 spiro atoms. The van der Waals surface area contributed by atoms with E-state index in [0.29, 0.717) is 0 Å². The maximum absolute atomic E-state index is 5.34. The molecule has 0 bridgehead atoms. The van der Waals surface area contributed by atoms with E-state index in [2.05, 4.69) is 44.3 Å². The molecular weight excluding hydrogens is 268 g/mol. The number of allylic oxidation sites excluding steroid dienone is 8. The van der Waals surface area contributed by atoms with Crippen molar-refractivity contribution < 1.29 is 4.74 Å². The smallest absolute Gasteiger partial charge is 0.0907 e. The van der Waals surface area contributed by atoms with Gasteiger partial charge in [-0.3, -0.25) is 0 Å². The molecule has 0 fully saturated rings. The molecule has 0 aromatic heterocycles. The molecule has 1 heteroatoms. The van der Waals surface area contributed by atoms with Gasteiger partial charge in [-0.1, -0.05) is 62.9 Å². The molecule has 0 saturated heterocycles. The highest BCUT2D eigenvalue weighted by atomic mass is 16.5. The van der Waals surface area contributed by atoms with Crippen molar-refractivity contribution in [3.8, 4) is 0 Å². The van der Waals surface area contributed by atoms with Crippen molar-refractivity contribution in [3.63, 3.8) is 0 Å².